The van der Waals surface area contributed by atoms with Gasteiger partial charge in [-0.25, -0.2) is 15.0 Å². The Balaban J connectivity index is 1.78. The largest absolute Gasteiger partial charge is 0.436 e. The lowest BCUT2D eigenvalue weighted by Crippen LogP contribution is -2.32. The minimum absolute atomic E-state index is 0.150. The van der Waals surface area contributed by atoms with Gasteiger partial charge in [-0.3, -0.25) is 4.79 Å². The molecule has 7 nitrogen and oxygen atoms in total. The second-order valence-corrected chi connectivity index (χ2v) is 8.11. The molecule has 30 heavy (non-hydrogen) atoms. The Morgan fingerprint density at radius 1 is 1.20 bits per heavy atom. The number of benzene rings is 1. The Kier molecular flexibility index (Phi) is 5.47. The summed E-state index contributed by atoms with van der Waals surface area (Å²) in [7, 11) is 3.80. The molecule has 0 spiro atoms. The second kappa shape index (κ2) is 8.07. The SMILES string of the molecule is Cc1nc(C)c(C(=O)N2CCC[C@H]2c2nc(N(C)C)ncc2-c2ccc(Cl)cc2)o1. The molecule has 0 N–H and O–H groups in total. The Hall–Kier alpha value is -2.93. The van der Waals surface area contributed by atoms with E-state index in [2.05, 4.69) is 9.97 Å². The first-order valence-corrected chi connectivity index (χ1v) is 10.3. The fourth-order valence-corrected chi connectivity index (χ4v) is 3.99. The van der Waals surface area contributed by atoms with Crippen LogP contribution in [0.5, 0.6) is 0 Å². The number of oxazole rings is 1. The van der Waals surface area contributed by atoms with Gasteiger partial charge in [-0.1, -0.05) is 23.7 Å². The average molecular weight is 426 g/mol. The zero-order chi connectivity index (χ0) is 21.4. The van der Waals surface area contributed by atoms with Crippen LogP contribution in [0.4, 0.5) is 5.95 Å². The average Bonchev–Trinajstić information content (AvgIpc) is 3.34. The van der Waals surface area contributed by atoms with E-state index in [9.17, 15) is 4.79 Å². The number of likely N-dealkylation sites (tertiary alicyclic amines) is 1. The van der Waals surface area contributed by atoms with Crippen LogP contribution in [0.15, 0.2) is 34.9 Å². The van der Waals surface area contributed by atoms with E-state index < -0.39 is 0 Å². The van der Waals surface area contributed by atoms with Gasteiger partial charge in [0, 0.05) is 44.3 Å². The highest BCUT2D eigenvalue weighted by Gasteiger charge is 2.36. The van der Waals surface area contributed by atoms with E-state index in [4.69, 9.17) is 21.0 Å². The molecule has 156 valence electrons. The number of anilines is 1. The maximum atomic E-state index is 13.3. The van der Waals surface area contributed by atoms with Crippen molar-refractivity contribution in [2.45, 2.75) is 32.7 Å². The molecular weight excluding hydrogens is 402 g/mol. The van der Waals surface area contributed by atoms with Crippen LogP contribution in [0.1, 0.15) is 46.7 Å². The number of aryl methyl sites for hydroxylation is 2. The molecule has 2 aromatic heterocycles. The number of carbonyl (C=O) groups excluding carboxylic acids is 1. The van der Waals surface area contributed by atoms with Crippen molar-refractivity contribution in [3.8, 4) is 11.1 Å². The van der Waals surface area contributed by atoms with E-state index in [0.717, 1.165) is 29.7 Å². The van der Waals surface area contributed by atoms with E-state index in [0.29, 0.717) is 34.9 Å². The van der Waals surface area contributed by atoms with E-state index >= 15 is 0 Å². The number of hydrogen-bond donors (Lipinski definition) is 0. The molecule has 3 heterocycles. The van der Waals surface area contributed by atoms with Crippen LogP contribution in [0.2, 0.25) is 5.02 Å². The zero-order valence-electron chi connectivity index (χ0n) is 17.5. The van der Waals surface area contributed by atoms with Crippen molar-refractivity contribution in [1.82, 2.24) is 19.9 Å². The van der Waals surface area contributed by atoms with Crippen LogP contribution in [-0.2, 0) is 0 Å². The molecule has 1 aliphatic heterocycles. The van der Waals surface area contributed by atoms with Crippen molar-refractivity contribution in [2.75, 3.05) is 25.5 Å². The molecule has 1 saturated heterocycles. The Bertz CT molecular complexity index is 1080. The summed E-state index contributed by atoms with van der Waals surface area (Å²) < 4.78 is 5.60. The van der Waals surface area contributed by atoms with Crippen LogP contribution >= 0.6 is 11.6 Å². The molecule has 4 rings (SSSR count). The van der Waals surface area contributed by atoms with Gasteiger partial charge in [0.1, 0.15) is 0 Å². The van der Waals surface area contributed by atoms with E-state index in [1.807, 2.05) is 54.4 Å². The summed E-state index contributed by atoms with van der Waals surface area (Å²) >= 11 is 6.08. The topological polar surface area (TPSA) is 75.4 Å². The number of aromatic nitrogens is 3. The van der Waals surface area contributed by atoms with Crippen LogP contribution < -0.4 is 4.90 Å². The van der Waals surface area contributed by atoms with Crippen LogP contribution in [0.3, 0.4) is 0 Å². The van der Waals surface area contributed by atoms with E-state index in [-0.39, 0.29) is 11.9 Å². The van der Waals surface area contributed by atoms with Crippen LogP contribution in [0, 0.1) is 13.8 Å². The first-order valence-electron chi connectivity index (χ1n) is 9.90. The minimum Gasteiger partial charge on any atom is -0.436 e. The number of halogens is 1. The smallest absolute Gasteiger partial charge is 0.292 e. The monoisotopic (exact) mass is 425 g/mol. The third-order valence-corrected chi connectivity index (χ3v) is 5.54. The molecule has 0 unspecified atom stereocenters. The first kappa shape index (κ1) is 20.3. The lowest BCUT2D eigenvalue weighted by molar-refractivity contribution is 0.0698. The molecule has 1 fully saturated rings. The maximum absolute atomic E-state index is 13.3. The number of rotatable bonds is 4. The van der Waals surface area contributed by atoms with Gasteiger partial charge in [-0.15, -0.1) is 0 Å². The summed E-state index contributed by atoms with van der Waals surface area (Å²) in [5.41, 5.74) is 3.30. The molecule has 1 amide bonds. The number of hydrogen-bond acceptors (Lipinski definition) is 6. The number of nitrogens with zero attached hydrogens (tertiary/aromatic N) is 5. The molecule has 0 aliphatic carbocycles. The lowest BCUT2D eigenvalue weighted by atomic mass is 9.99. The van der Waals surface area contributed by atoms with Gasteiger partial charge in [0.2, 0.25) is 11.7 Å². The molecule has 0 saturated carbocycles. The van der Waals surface area contributed by atoms with Crippen molar-refractivity contribution < 1.29 is 9.21 Å². The van der Waals surface area contributed by atoms with Crippen LogP contribution in [-0.4, -0.2) is 46.4 Å². The van der Waals surface area contributed by atoms with Gasteiger partial charge >= 0.3 is 0 Å². The second-order valence-electron chi connectivity index (χ2n) is 7.67. The van der Waals surface area contributed by atoms with Crippen molar-refractivity contribution in [2.24, 2.45) is 0 Å². The fraction of sp³-hybridized carbons (Fsp3) is 0.364. The highest BCUT2D eigenvalue weighted by atomic mass is 35.5. The maximum Gasteiger partial charge on any atom is 0.292 e. The predicted molar refractivity (Wildman–Crippen MR) is 116 cm³/mol. The van der Waals surface area contributed by atoms with Gasteiger partial charge in [0.25, 0.3) is 5.91 Å². The van der Waals surface area contributed by atoms with Gasteiger partial charge in [-0.05, 0) is 37.5 Å². The number of amides is 1. The third-order valence-electron chi connectivity index (χ3n) is 5.29. The summed E-state index contributed by atoms with van der Waals surface area (Å²) in [4.78, 5) is 30.6. The summed E-state index contributed by atoms with van der Waals surface area (Å²) in [6.45, 7) is 4.19. The highest BCUT2D eigenvalue weighted by Crippen LogP contribution is 2.38. The van der Waals surface area contributed by atoms with E-state index in [1.54, 1.807) is 13.8 Å². The zero-order valence-corrected chi connectivity index (χ0v) is 18.3. The summed E-state index contributed by atoms with van der Waals surface area (Å²) in [6.07, 6.45) is 3.54. The third kappa shape index (κ3) is 3.77. The molecule has 3 aromatic rings. The summed E-state index contributed by atoms with van der Waals surface area (Å²) in [5.74, 6) is 1.25. The first-order chi connectivity index (χ1) is 14.3. The predicted octanol–water partition coefficient (Wildman–Crippen LogP) is 4.45. The molecule has 0 bridgehead atoms. The summed E-state index contributed by atoms with van der Waals surface area (Å²) in [5, 5.41) is 0.667. The van der Waals surface area contributed by atoms with Crippen molar-refractivity contribution >= 4 is 23.5 Å². The summed E-state index contributed by atoms with van der Waals surface area (Å²) in [6, 6.07) is 7.42. The molecule has 8 heteroatoms. The molecule has 0 radical (unpaired) electrons. The van der Waals surface area contributed by atoms with Crippen LogP contribution in [0.25, 0.3) is 11.1 Å². The lowest BCUT2D eigenvalue weighted by Gasteiger charge is -2.26. The molecular formula is C22H24ClN5O2. The Morgan fingerprint density at radius 2 is 1.93 bits per heavy atom. The Labute approximate surface area is 180 Å². The van der Waals surface area contributed by atoms with Crippen molar-refractivity contribution in [3.63, 3.8) is 0 Å². The normalized spacial score (nSPS) is 16.2. The van der Waals surface area contributed by atoms with Gasteiger partial charge in [0.05, 0.1) is 17.4 Å². The van der Waals surface area contributed by atoms with Gasteiger partial charge < -0.3 is 14.2 Å². The quantitative estimate of drug-likeness (QED) is 0.614. The minimum atomic E-state index is -0.172. The highest BCUT2D eigenvalue weighted by molar-refractivity contribution is 6.30. The van der Waals surface area contributed by atoms with Gasteiger partial charge in [0.15, 0.2) is 5.89 Å². The Morgan fingerprint density at radius 3 is 2.57 bits per heavy atom. The molecule has 1 atom stereocenters. The van der Waals surface area contributed by atoms with Crippen molar-refractivity contribution in [1.29, 1.82) is 0 Å². The number of carbonyl (C=O) groups is 1. The van der Waals surface area contributed by atoms with Gasteiger partial charge in [-0.2, -0.15) is 0 Å². The fourth-order valence-electron chi connectivity index (χ4n) is 3.86. The molecule has 1 aliphatic rings. The molecule has 1 aromatic carbocycles. The van der Waals surface area contributed by atoms with Crippen molar-refractivity contribution in [3.05, 3.63) is 58.5 Å². The standard InChI is InChI=1S/C22H24ClN5O2/c1-13-20(30-14(2)25-13)21(29)28-11-5-6-18(28)19-17(12-24-22(26-19)27(3)4)15-7-9-16(23)10-8-15/h7-10,12,18H,5-6,11H2,1-4H3/t18-/m0/s1. The van der Waals surface area contributed by atoms with E-state index in [1.165, 1.54) is 0 Å².